The van der Waals surface area contributed by atoms with Crippen LogP contribution < -0.4 is 5.73 Å². The number of carbonyl (C=O) groups is 1. The summed E-state index contributed by atoms with van der Waals surface area (Å²) in [6.07, 6.45) is -1.24. The van der Waals surface area contributed by atoms with Crippen molar-refractivity contribution in [2.75, 3.05) is 12.3 Å². The first-order chi connectivity index (χ1) is 14.7. The summed E-state index contributed by atoms with van der Waals surface area (Å²) < 4.78 is 38.8. The molecule has 0 spiro atoms. The zero-order chi connectivity index (χ0) is 22.2. The molecule has 162 valence electrons. The van der Waals surface area contributed by atoms with E-state index in [0.717, 1.165) is 29.3 Å². The van der Waals surface area contributed by atoms with E-state index >= 15 is 0 Å². The number of hydrogen-bond acceptors (Lipinski definition) is 6. The number of alkyl halides is 3. The molecule has 0 saturated carbocycles. The van der Waals surface area contributed by atoms with Gasteiger partial charge in [0.05, 0.1) is 34.4 Å². The van der Waals surface area contributed by atoms with Gasteiger partial charge in [0, 0.05) is 23.7 Å². The number of likely N-dealkylation sites (tertiary alicyclic amines) is 1. The third-order valence-corrected chi connectivity index (χ3v) is 6.07. The maximum atomic E-state index is 13.0. The fourth-order valence-electron chi connectivity index (χ4n) is 3.82. The Labute approximate surface area is 181 Å². The lowest BCUT2D eigenvalue weighted by Gasteiger charge is -2.26. The van der Waals surface area contributed by atoms with E-state index in [1.54, 1.807) is 4.90 Å². The van der Waals surface area contributed by atoms with Crippen molar-refractivity contribution in [3.8, 4) is 11.1 Å². The van der Waals surface area contributed by atoms with E-state index in [2.05, 4.69) is 15.0 Å². The molecule has 10 heteroatoms. The number of carbonyl (C=O) groups excluding carboxylic acids is 1. The summed E-state index contributed by atoms with van der Waals surface area (Å²) in [5, 5.41) is 2.77. The molecule has 0 aliphatic carbocycles. The molecule has 0 unspecified atom stereocenters. The molecule has 31 heavy (non-hydrogen) atoms. The Balaban J connectivity index is 1.65. The van der Waals surface area contributed by atoms with Crippen LogP contribution in [0.15, 0.2) is 35.8 Å². The summed E-state index contributed by atoms with van der Waals surface area (Å²) >= 11 is 1.49. The Kier molecular flexibility index (Phi) is 5.65. The van der Waals surface area contributed by atoms with E-state index in [4.69, 9.17) is 5.73 Å². The van der Waals surface area contributed by atoms with Gasteiger partial charge in [-0.3, -0.25) is 4.79 Å². The fourth-order valence-corrected chi connectivity index (χ4v) is 4.43. The molecule has 3 heterocycles. The molecule has 1 amide bonds. The highest BCUT2D eigenvalue weighted by atomic mass is 32.1. The van der Waals surface area contributed by atoms with Gasteiger partial charge in [0.2, 0.25) is 11.9 Å². The van der Waals surface area contributed by atoms with Crippen LogP contribution in [0.25, 0.3) is 11.1 Å². The van der Waals surface area contributed by atoms with E-state index in [1.165, 1.54) is 29.7 Å². The number of halogens is 3. The van der Waals surface area contributed by atoms with E-state index in [1.807, 2.05) is 12.3 Å². The standard InChI is InChI=1S/C21H20F3N5OS/c1-12-27-15(11-31-12)9-18(30)29-8-2-3-17(29)19-16(10-26-20(25)28-19)13-4-6-14(7-5-13)21(22,23)24/h4-7,10-11,17H,2-3,8-9H2,1H3,(H2,25,26,28)/t17-/m0/s1. The Bertz CT molecular complexity index is 1100. The molecule has 1 aromatic carbocycles. The number of hydrogen-bond donors (Lipinski definition) is 1. The zero-order valence-corrected chi connectivity index (χ0v) is 17.5. The second-order valence-corrected chi connectivity index (χ2v) is 8.44. The number of anilines is 1. The Morgan fingerprint density at radius 2 is 2.00 bits per heavy atom. The van der Waals surface area contributed by atoms with E-state index in [9.17, 15) is 18.0 Å². The quantitative estimate of drug-likeness (QED) is 0.640. The van der Waals surface area contributed by atoms with Gasteiger partial charge >= 0.3 is 6.18 Å². The molecule has 1 aliphatic heterocycles. The van der Waals surface area contributed by atoms with Crippen molar-refractivity contribution in [1.29, 1.82) is 0 Å². The number of thiazole rings is 1. The van der Waals surface area contributed by atoms with Gasteiger partial charge in [-0.05, 0) is 37.5 Å². The Morgan fingerprint density at radius 1 is 1.26 bits per heavy atom. The molecule has 1 fully saturated rings. The minimum Gasteiger partial charge on any atom is -0.368 e. The first-order valence-electron chi connectivity index (χ1n) is 9.73. The first kappa shape index (κ1) is 21.2. The number of nitrogen functional groups attached to an aromatic ring is 1. The largest absolute Gasteiger partial charge is 0.416 e. The number of aromatic nitrogens is 3. The predicted molar refractivity (Wildman–Crippen MR) is 111 cm³/mol. The van der Waals surface area contributed by atoms with E-state index < -0.39 is 11.7 Å². The highest BCUT2D eigenvalue weighted by molar-refractivity contribution is 7.09. The van der Waals surface area contributed by atoms with Crippen molar-refractivity contribution >= 4 is 23.2 Å². The highest BCUT2D eigenvalue weighted by Crippen LogP contribution is 2.38. The summed E-state index contributed by atoms with van der Waals surface area (Å²) in [6, 6.07) is 4.51. The average molecular weight is 447 g/mol. The van der Waals surface area contributed by atoms with Gasteiger partial charge in [0.15, 0.2) is 0 Å². The minimum absolute atomic E-state index is 0.0556. The summed E-state index contributed by atoms with van der Waals surface area (Å²) in [6.45, 7) is 2.46. The Morgan fingerprint density at radius 3 is 2.65 bits per heavy atom. The van der Waals surface area contributed by atoms with E-state index in [0.29, 0.717) is 29.8 Å². The molecule has 1 atom stereocenters. The average Bonchev–Trinajstić information content (AvgIpc) is 3.36. The smallest absolute Gasteiger partial charge is 0.368 e. The monoisotopic (exact) mass is 447 g/mol. The number of amides is 1. The van der Waals surface area contributed by atoms with Crippen LogP contribution in [0.1, 0.15) is 40.8 Å². The molecular formula is C21H20F3N5OS. The van der Waals surface area contributed by atoms with Crippen molar-refractivity contribution in [2.24, 2.45) is 0 Å². The fraction of sp³-hybridized carbons (Fsp3) is 0.333. The summed E-state index contributed by atoms with van der Waals surface area (Å²) in [5.74, 6) is -0.0107. The molecule has 0 radical (unpaired) electrons. The van der Waals surface area contributed by atoms with Gasteiger partial charge in [-0.1, -0.05) is 12.1 Å². The first-order valence-corrected chi connectivity index (χ1v) is 10.6. The van der Waals surface area contributed by atoms with Gasteiger partial charge in [0.1, 0.15) is 0 Å². The summed E-state index contributed by atoms with van der Waals surface area (Å²) in [5.41, 5.74) is 7.47. The number of aryl methyl sites for hydroxylation is 1. The van der Waals surface area contributed by atoms with Crippen LogP contribution in [0.2, 0.25) is 0 Å². The van der Waals surface area contributed by atoms with Crippen LogP contribution in [0.5, 0.6) is 0 Å². The topological polar surface area (TPSA) is 85.0 Å². The van der Waals surface area contributed by atoms with Crippen LogP contribution in [-0.2, 0) is 17.4 Å². The molecule has 2 aromatic heterocycles. The van der Waals surface area contributed by atoms with Crippen LogP contribution in [0, 0.1) is 6.92 Å². The van der Waals surface area contributed by atoms with E-state index in [-0.39, 0.29) is 24.3 Å². The predicted octanol–water partition coefficient (Wildman–Crippen LogP) is 4.42. The number of nitrogens with zero attached hydrogens (tertiary/aromatic N) is 4. The molecule has 1 saturated heterocycles. The number of benzene rings is 1. The van der Waals surface area contributed by atoms with Crippen molar-refractivity contribution in [1.82, 2.24) is 19.9 Å². The molecular weight excluding hydrogens is 427 g/mol. The molecule has 0 bridgehead atoms. The lowest BCUT2D eigenvalue weighted by molar-refractivity contribution is -0.137. The van der Waals surface area contributed by atoms with Gasteiger partial charge in [-0.25, -0.2) is 15.0 Å². The highest BCUT2D eigenvalue weighted by Gasteiger charge is 2.34. The van der Waals surface area contributed by atoms with Crippen molar-refractivity contribution in [3.63, 3.8) is 0 Å². The SMILES string of the molecule is Cc1nc(CC(=O)N2CCC[C@H]2c2nc(N)ncc2-c2ccc(C(F)(F)F)cc2)cs1. The van der Waals surface area contributed by atoms with Crippen molar-refractivity contribution < 1.29 is 18.0 Å². The molecule has 1 aliphatic rings. The molecule has 6 nitrogen and oxygen atoms in total. The minimum atomic E-state index is -4.41. The van der Waals surface area contributed by atoms with Crippen LogP contribution in [0.3, 0.4) is 0 Å². The number of nitrogens with two attached hydrogens (primary N) is 1. The number of rotatable bonds is 4. The second kappa shape index (κ2) is 8.26. The normalized spacial score (nSPS) is 16.6. The third-order valence-electron chi connectivity index (χ3n) is 5.25. The van der Waals surface area contributed by atoms with Crippen molar-refractivity contribution in [2.45, 2.75) is 38.4 Å². The van der Waals surface area contributed by atoms with Gasteiger partial charge in [-0.15, -0.1) is 11.3 Å². The summed E-state index contributed by atoms with van der Waals surface area (Å²) in [4.78, 5) is 27.5. The third kappa shape index (κ3) is 4.53. The van der Waals surface area contributed by atoms with Gasteiger partial charge < -0.3 is 10.6 Å². The Hall–Kier alpha value is -3.01. The van der Waals surface area contributed by atoms with Gasteiger partial charge in [-0.2, -0.15) is 13.2 Å². The zero-order valence-electron chi connectivity index (χ0n) is 16.7. The second-order valence-electron chi connectivity index (χ2n) is 7.38. The van der Waals surface area contributed by atoms with Gasteiger partial charge in [0.25, 0.3) is 0 Å². The van der Waals surface area contributed by atoms with Crippen LogP contribution in [0.4, 0.5) is 19.1 Å². The van der Waals surface area contributed by atoms with Crippen LogP contribution >= 0.6 is 11.3 Å². The molecule has 2 N–H and O–H groups in total. The lowest BCUT2D eigenvalue weighted by Crippen LogP contribution is -2.32. The molecule has 3 aromatic rings. The maximum absolute atomic E-state index is 13.0. The maximum Gasteiger partial charge on any atom is 0.416 e. The lowest BCUT2D eigenvalue weighted by atomic mass is 9.98. The summed E-state index contributed by atoms with van der Waals surface area (Å²) in [7, 11) is 0. The molecule has 4 rings (SSSR count). The van der Waals surface area contributed by atoms with Crippen LogP contribution in [-0.4, -0.2) is 32.3 Å². The van der Waals surface area contributed by atoms with Crippen molar-refractivity contribution in [3.05, 3.63) is 57.8 Å².